The smallest absolute Gasteiger partial charge is 0.0118 e. The van der Waals surface area contributed by atoms with Crippen molar-refractivity contribution in [3.05, 3.63) is 0 Å². The zero-order chi connectivity index (χ0) is 12.7. The van der Waals surface area contributed by atoms with E-state index in [4.69, 9.17) is 0 Å². The highest BCUT2D eigenvalue weighted by atomic mass is 15.1. The molecule has 0 amide bonds. The van der Waals surface area contributed by atoms with Gasteiger partial charge in [0.1, 0.15) is 0 Å². The van der Waals surface area contributed by atoms with Gasteiger partial charge in [-0.2, -0.15) is 0 Å². The standard InChI is InChI=1S/C15H32N2/c1-5-10-16-11-13(2)12-17(4)15-9-7-6-8-14(15)3/h13-16H,5-12H2,1-4H3. The topological polar surface area (TPSA) is 15.3 Å². The van der Waals surface area contributed by atoms with Gasteiger partial charge in [0.2, 0.25) is 0 Å². The monoisotopic (exact) mass is 240 g/mol. The van der Waals surface area contributed by atoms with Crippen LogP contribution in [0.25, 0.3) is 0 Å². The summed E-state index contributed by atoms with van der Waals surface area (Å²) in [5.41, 5.74) is 0. The van der Waals surface area contributed by atoms with E-state index in [2.05, 4.69) is 38.0 Å². The van der Waals surface area contributed by atoms with Crippen LogP contribution in [0.15, 0.2) is 0 Å². The Balaban J connectivity index is 2.24. The van der Waals surface area contributed by atoms with Gasteiger partial charge in [0.05, 0.1) is 0 Å². The van der Waals surface area contributed by atoms with Crippen LogP contribution in [0.4, 0.5) is 0 Å². The average molecular weight is 240 g/mol. The molecular weight excluding hydrogens is 208 g/mol. The number of nitrogens with zero attached hydrogens (tertiary/aromatic N) is 1. The fourth-order valence-corrected chi connectivity index (χ4v) is 3.17. The lowest BCUT2D eigenvalue weighted by atomic mass is 9.85. The minimum atomic E-state index is 0.765. The third-order valence-corrected chi connectivity index (χ3v) is 4.15. The quantitative estimate of drug-likeness (QED) is 0.688. The molecule has 0 radical (unpaired) electrons. The fraction of sp³-hybridized carbons (Fsp3) is 1.00. The highest BCUT2D eigenvalue weighted by Crippen LogP contribution is 2.27. The van der Waals surface area contributed by atoms with Gasteiger partial charge in [-0.3, -0.25) is 0 Å². The van der Waals surface area contributed by atoms with Gasteiger partial charge >= 0.3 is 0 Å². The highest BCUT2D eigenvalue weighted by molar-refractivity contribution is 4.80. The lowest BCUT2D eigenvalue weighted by Gasteiger charge is -2.37. The summed E-state index contributed by atoms with van der Waals surface area (Å²) in [5.74, 6) is 1.66. The number of hydrogen-bond donors (Lipinski definition) is 1. The Hall–Kier alpha value is -0.0800. The summed E-state index contributed by atoms with van der Waals surface area (Å²) >= 11 is 0. The van der Waals surface area contributed by atoms with Gasteiger partial charge in [-0.15, -0.1) is 0 Å². The molecular formula is C15H32N2. The Kier molecular flexibility index (Phi) is 7.14. The first-order chi connectivity index (χ1) is 8.15. The van der Waals surface area contributed by atoms with Gasteiger partial charge in [-0.05, 0) is 51.2 Å². The summed E-state index contributed by atoms with van der Waals surface area (Å²) in [6, 6.07) is 0.831. The molecule has 2 heteroatoms. The Morgan fingerprint density at radius 1 is 1.29 bits per heavy atom. The van der Waals surface area contributed by atoms with Crippen molar-refractivity contribution in [1.82, 2.24) is 10.2 Å². The molecule has 0 aromatic heterocycles. The second-order valence-electron chi connectivity index (χ2n) is 6.08. The van der Waals surface area contributed by atoms with Crippen LogP contribution in [-0.4, -0.2) is 37.6 Å². The van der Waals surface area contributed by atoms with Gasteiger partial charge in [-0.1, -0.05) is 33.6 Å². The van der Waals surface area contributed by atoms with E-state index in [1.165, 1.54) is 45.2 Å². The van der Waals surface area contributed by atoms with Gasteiger partial charge in [0, 0.05) is 12.6 Å². The van der Waals surface area contributed by atoms with Crippen molar-refractivity contribution < 1.29 is 0 Å². The van der Waals surface area contributed by atoms with Crippen LogP contribution >= 0.6 is 0 Å². The van der Waals surface area contributed by atoms with Crippen molar-refractivity contribution in [3.63, 3.8) is 0 Å². The molecule has 17 heavy (non-hydrogen) atoms. The molecule has 0 heterocycles. The molecule has 1 N–H and O–H groups in total. The third-order valence-electron chi connectivity index (χ3n) is 4.15. The second kappa shape index (κ2) is 8.10. The van der Waals surface area contributed by atoms with E-state index < -0.39 is 0 Å². The molecule has 3 unspecified atom stereocenters. The van der Waals surface area contributed by atoms with Crippen molar-refractivity contribution in [1.29, 1.82) is 0 Å². The molecule has 1 aliphatic carbocycles. The predicted molar refractivity (Wildman–Crippen MR) is 76.4 cm³/mol. The second-order valence-corrected chi connectivity index (χ2v) is 6.08. The van der Waals surface area contributed by atoms with Gasteiger partial charge in [0.25, 0.3) is 0 Å². The Morgan fingerprint density at radius 2 is 2.00 bits per heavy atom. The van der Waals surface area contributed by atoms with Crippen molar-refractivity contribution in [2.45, 2.75) is 58.9 Å². The van der Waals surface area contributed by atoms with E-state index in [9.17, 15) is 0 Å². The van der Waals surface area contributed by atoms with Crippen LogP contribution in [0.2, 0.25) is 0 Å². The molecule has 1 rings (SSSR count). The molecule has 0 aromatic rings. The lowest BCUT2D eigenvalue weighted by Crippen LogP contribution is -2.42. The van der Waals surface area contributed by atoms with Crippen LogP contribution in [-0.2, 0) is 0 Å². The minimum Gasteiger partial charge on any atom is -0.316 e. The van der Waals surface area contributed by atoms with Crippen molar-refractivity contribution >= 4 is 0 Å². The van der Waals surface area contributed by atoms with E-state index in [-0.39, 0.29) is 0 Å². The normalized spacial score (nSPS) is 27.4. The SMILES string of the molecule is CCCNCC(C)CN(C)C1CCCCC1C. The van der Waals surface area contributed by atoms with Gasteiger partial charge in [0.15, 0.2) is 0 Å². The van der Waals surface area contributed by atoms with Crippen LogP contribution < -0.4 is 5.32 Å². The van der Waals surface area contributed by atoms with Crippen LogP contribution in [0.5, 0.6) is 0 Å². The summed E-state index contributed by atoms with van der Waals surface area (Å²) in [7, 11) is 2.32. The fourth-order valence-electron chi connectivity index (χ4n) is 3.17. The Bertz CT molecular complexity index is 193. The maximum Gasteiger partial charge on any atom is 0.0118 e. The highest BCUT2D eigenvalue weighted by Gasteiger charge is 2.25. The zero-order valence-corrected chi connectivity index (χ0v) is 12.3. The molecule has 1 aliphatic rings. The molecule has 1 fully saturated rings. The van der Waals surface area contributed by atoms with E-state index >= 15 is 0 Å². The molecule has 3 atom stereocenters. The van der Waals surface area contributed by atoms with Crippen molar-refractivity contribution in [2.75, 3.05) is 26.7 Å². The van der Waals surface area contributed by atoms with E-state index in [1.807, 2.05) is 0 Å². The molecule has 0 aliphatic heterocycles. The molecule has 0 saturated heterocycles. The van der Waals surface area contributed by atoms with Gasteiger partial charge in [-0.25, -0.2) is 0 Å². The molecule has 0 spiro atoms. The van der Waals surface area contributed by atoms with Crippen LogP contribution in [0.1, 0.15) is 52.9 Å². The third kappa shape index (κ3) is 5.39. The first kappa shape index (κ1) is 15.0. The minimum absolute atomic E-state index is 0.765. The summed E-state index contributed by atoms with van der Waals surface area (Å²) in [4.78, 5) is 2.61. The first-order valence-electron chi connectivity index (χ1n) is 7.56. The summed E-state index contributed by atoms with van der Waals surface area (Å²) in [5, 5.41) is 3.53. The maximum absolute atomic E-state index is 3.53. The predicted octanol–water partition coefficient (Wildman–Crippen LogP) is 3.13. The zero-order valence-electron chi connectivity index (χ0n) is 12.3. The number of rotatable bonds is 7. The van der Waals surface area contributed by atoms with E-state index in [1.54, 1.807) is 0 Å². The number of hydrogen-bond acceptors (Lipinski definition) is 2. The summed E-state index contributed by atoms with van der Waals surface area (Å²) in [6.07, 6.45) is 6.95. The van der Waals surface area contributed by atoms with Crippen molar-refractivity contribution in [2.24, 2.45) is 11.8 Å². The molecule has 1 saturated carbocycles. The molecule has 0 bridgehead atoms. The maximum atomic E-state index is 3.53. The van der Waals surface area contributed by atoms with Crippen LogP contribution in [0, 0.1) is 11.8 Å². The summed E-state index contributed by atoms with van der Waals surface area (Å²) in [6.45, 7) is 10.6. The Labute approximate surface area is 108 Å². The van der Waals surface area contributed by atoms with E-state index in [0.717, 1.165) is 24.4 Å². The average Bonchev–Trinajstić information content (AvgIpc) is 2.29. The van der Waals surface area contributed by atoms with E-state index in [0.29, 0.717) is 0 Å². The summed E-state index contributed by atoms with van der Waals surface area (Å²) < 4.78 is 0. The number of nitrogens with one attached hydrogen (secondary N) is 1. The Morgan fingerprint density at radius 3 is 2.65 bits per heavy atom. The lowest BCUT2D eigenvalue weighted by molar-refractivity contribution is 0.124. The van der Waals surface area contributed by atoms with Gasteiger partial charge < -0.3 is 10.2 Å². The van der Waals surface area contributed by atoms with Crippen LogP contribution in [0.3, 0.4) is 0 Å². The molecule has 2 nitrogen and oxygen atoms in total. The largest absolute Gasteiger partial charge is 0.316 e. The first-order valence-corrected chi connectivity index (χ1v) is 7.56. The molecule has 102 valence electrons. The van der Waals surface area contributed by atoms with Crippen molar-refractivity contribution in [3.8, 4) is 0 Å². The molecule has 0 aromatic carbocycles.